The van der Waals surface area contributed by atoms with Crippen LogP contribution in [0.2, 0.25) is 0 Å². The summed E-state index contributed by atoms with van der Waals surface area (Å²) >= 11 is 2.83. The third kappa shape index (κ3) is 0.452. The molecular formula is C3HN3S2. The summed E-state index contributed by atoms with van der Waals surface area (Å²) < 4.78 is 8.74. The molecular weight excluding hydrogens is 142 g/mol. The van der Waals surface area contributed by atoms with Gasteiger partial charge in [-0.15, -0.1) is 5.10 Å². The normalized spacial score (nSPS) is 10.5. The van der Waals surface area contributed by atoms with E-state index in [2.05, 4.69) is 14.0 Å². The van der Waals surface area contributed by atoms with Crippen molar-refractivity contribution in [1.82, 2.24) is 14.0 Å². The van der Waals surface area contributed by atoms with Gasteiger partial charge in [0.2, 0.25) is 0 Å². The van der Waals surface area contributed by atoms with E-state index in [4.69, 9.17) is 0 Å². The first-order valence-electron chi connectivity index (χ1n) is 1.99. The summed E-state index contributed by atoms with van der Waals surface area (Å²) in [6, 6.07) is 0. The van der Waals surface area contributed by atoms with Crippen LogP contribution >= 0.6 is 23.1 Å². The molecule has 0 aliphatic rings. The van der Waals surface area contributed by atoms with Crippen LogP contribution in [0.3, 0.4) is 0 Å². The average molecular weight is 143 g/mol. The second-order valence-electron chi connectivity index (χ2n) is 1.27. The Labute approximate surface area is 53.3 Å². The van der Waals surface area contributed by atoms with Crippen LogP contribution in [-0.2, 0) is 0 Å². The lowest BCUT2D eigenvalue weighted by atomic mass is 10.7. The Kier molecular flexibility index (Phi) is 0.793. The van der Waals surface area contributed by atoms with Crippen LogP contribution in [0.25, 0.3) is 9.53 Å². The monoisotopic (exact) mass is 143 g/mol. The van der Waals surface area contributed by atoms with Gasteiger partial charge in [0.05, 0.1) is 6.20 Å². The van der Waals surface area contributed by atoms with Crippen LogP contribution in [0.15, 0.2) is 6.20 Å². The maximum Gasteiger partial charge on any atom is 0.148 e. The Morgan fingerprint density at radius 2 is 2.38 bits per heavy atom. The molecule has 40 valence electrons. The standard InChI is InChI=1S/C3HN3S2/c1-2-3(7-4-1)8-6-5-2/h1H. The smallest absolute Gasteiger partial charge is 0.148 e. The molecule has 2 aromatic heterocycles. The molecule has 0 aromatic carbocycles. The van der Waals surface area contributed by atoms with Gasteiger partial charge < -0.3 is 0 Å². The molecule has 0 bridgehead atoms. The minimum Gasteiger partial charge on any atom is -0.197 e. The molecule has 0 amide bonds. The van der Waals surface area contributed by atoms with Crippen molar-refractivity contribution in [3.05, 3.63) is 6.20 Å². The van der Waals surface area contributed by atoms with Crippen molar-refractivity contribution in [3.63, 3.8) is 0 Å². The number of fused-ring (bicyclic) bond motifs is 1. The molecule has 0 N–H and O–H groups in total. The van der Waals surface area contributed by atoms with Gasteiger partial charge in [0.25, 0.3) is 0 Å². The van der Waals surface area contributed by atoms with E-state index in [1.54, 1.807) is 6.20 Å². The summed E-state index contributed by atoms with van der Waals surface area (Å²) in [6.45, 7) is 0. The molecule has 0 saturated carbocycles. The predicted octanol–water partition coefficient (Wildman–Crippen LogP) is 1.15. The van der Waals surface area contributed by atoms with Gasteiger partial charge in [-0.3, -0.25) is 0 Å². The minimum atomic E-state index is 0.917. The van der Waals surface area contributed by atoms with E-state index in [1.807, 2.05) is 0 Å². The van der Waals surface area contributed by atoms with Crippen LogP contribution in [0, 0.1) is 0 Å². The number of nitrogens with zero attached hydrogens (tertiary/aromatic N) is 3. The van der Waals surface area contributed by atoms with Gasteiger partial charge in [-0.1, -0.05) is 4.49 Å². The molecule has 0 spiro atoms. The topological polar surface area (TPSA) is 38.7 Å². The SMILES string of the molecule is c1nsc2snnc12. The van der Waals surface area contributed by atoms with Crippen LogP contribution in [0.1, 0.15) is 0 Å². The molecule has 5 heteroatoms. The molecule has 0 aliphatic carbocycles. The first-order valence-corrected chi connectivity index (χ1v) is 3.54. The van der Waals surface area contributed by atoms with Crippen molar-refractivity contribution in [3.8, 4) is 0 Å². The minimum absolute atomic E-state index is 0.917. The van der Waals surface area contributed by atoms with Crippen LogP contribution in [0.5, 0.6) is 0 Å². The van der Waals surface area contributed by atoms with Crippen molar-refractivity contribution in [2.75, 3.05) is 0 Å². The second-order valence-corrected chi connectivity index (χ2v) is 3.09. The zero-order valence-electron chi connectivity index (χ0n) is 3.74. The summed E-state index contributed by atoms with van der Waals surface area (Å²) in [4.78, 5) is 0. The number of aromatic nitrogens is 3. The molecule has 0 radical (unpaired) electrons. The molecule has 2 heterocycles. The highest BCUT2D eigenvalue weighted by Gasteiger charge is 1.96. The van der Waals surface area contributed by atoms with Crippen molar-refractivity contribution in [1.29, 1.82) is 0 Å². The molecule has 0 aliphatic heterocycles. The third-order valence-electron chi connectivity index (χ3n) is 0.792. The fraction of sp³-hybridized carbons (Fsp3) is 0. The number of hydrogen-bond acceptors (Lipinski definition) is 5. The van der Waals surface area contributed by atoms with Gasteiger partial charge in [-0.2, -0.15) is 4.37 Å². The van der Waals surface area contributed by atoms with E-state index in [9.17, 15) is 0 Å². The molecule has 0 unspecified atom stereocenters. The number of hydrogen-bond donors (Lipinski definition) is 0. The lowest BCUT2D eigenvalue weighted by Gasteiger charge is -1.55. The van der Waals surface area contributed by atoms with Gasteiger partial charge in [0.15, 0.2) is 0 Å². The quantitative estimate of drug-likeness (QED) is 0.555. The Bertz CT molecular complexity index is 234. The predicted molar refractivity (Wildman–Crippen MR) is 33.1 cm³/mol. The highest BCUT2D eigenvalue weighted by molar-refractivity contribution is 7.33. The van der Waals surface area contributed by atoms with Crippen LogP contribution in [-0.4, -0.2) is 14.0 Å². The molecule has 0 atom stereocenters. The van der Waals surface area contributed by atoms with E-state index >= 15 is 0 Å². The van der Waals surface area contributed by atoms with Crippen molar-refractivity contribution >= 4 is 32.6 Å². The molecule has 8 heavy (non-hydrogen) atoms. The first-order chi connectivity index (χ1) is 3.97. The van der Waals surface area contributed by atoms with E-state index in [-0.39, 0.29) is 0 Å². The summed E-state index contributed by atoms with van der Waals surface area (Å²) in [6.07, 6.45) is 1.73. The fourth-order valence-electron chi connectivity index (χ4n) is 0.455. The van der Waals surface area contributed by atoms with Gasteiger partial charge in [-0.05, 0) is 11.5 Å². The molecule has 0 fully saturated rings. The van der Waals surface area contributed by atoms with Crippen LogP contribution < -0.4 is 0 Å². The summed E-state index contributed by atoms with van der Waals surface area (Å²) in [5, 5.41) is 3.80. The summed E-state index contributed by atoms with van der Waals surface area (Å²) in [5.74, 6) is 0. The van der Waals surface area contributed by atoms with Gasteiger partial charge in [0, 0.05) is 11.5 Å². The zero-order chi connectivity index (χ0) is 5.40. The molecule has 2 rings (SSSR count). The Morgan fingerprint density at radius 1 is 1.38 bits per heavy atom. The second kappa shape index (κ2) is 1.46. The Balaban J connectivity index is 3.06. The largest absolute Gasteiger partial charge is 0.197 e. The van der Waals surface area contributed by atoms with Crippen LogP contribution in [0.4, 0.5) is 0 Å². The Morgan fingerprint density at radius 3 is 3.25 bits per heavy atom. The third-order valence-corrected chi connectivity index (χ3v) is 2.36. The van der Waals surface area contributed by atoms with E-state index in [0.29, 0.717) is 0 Å². The van der Waals surface area contributed by atoms with Crippen molar-refractivity contribution < 1.29 is 0 Å². The molecule has 0 saturated heterocycles. The summed E-state index contributed by atoms with van der Waals surface area (Å²) in [7, 11) is 0. The lowest BCUT2D eigenvalue weighted by molar-refractivity contribution is 1.20. The average Bonchev–Trinajstić information content (AvgIpc) is 2.15. The van der Waals surface area contributed by atoms with Crippen molar-refractivity contribution in [2.45, 2.75) is 0 Å². The number of rotatable bonds is 0. The molecule has 3 nitrogen and oxygen atoms in total. The fourth-order valence-corrected chi connectivity index (χ4v) is 1.64. The lowest BCUT2D eigenvalue weighted by Crippen LogP contribution is -1.58. The maximum atomic E-state index is 3.91. The molecule has 2 aromatic rings. The summed E-state index contributed by atoms with van der Waals surface area (Å²) in [5.41, 5.74) is 0.917. The van der Waals surface area contributed by atoms with E-state index < -0.39 is 0 Å². The van der Waals surface area contributed by atoms with E-state index in [0.717, 1.165) is 9.53 Å². The zero-order valence-corrected chi connectivity index (χ0v) is 5.37. The highest BCUT2D eigenvalue weighted by atomic mass is 32.2. The van der Waals surface area contributed by atoms with Gasteiger partial charge in [0.1, 0.15) is 9.53 Å². The highest BCUT2D eigenvalue weighted by Crippen LogP contribution is 2.17. The van der Waals surface area contributed by atoms with Gasteiger partial charge >= 0.3 is 0 Å². The van der Waals surface area contributed by atoms with Crippen molar-refractivity contribution in [2.24, 2.45) is 0 Å². The maximum absolute atomic E-state index is 3.91. The van der Waals surface area contributed by atoms with Gasteiger partial charge in [-0.25, -0.2) is 0 Å². The first kappa shape index (κ1) is 4.34. The Hall–Kier alpha value is -0.550. The van der Waals surface area contributed by atoms with E-state index in [1.165, 1.54) is 23.1 Å².